The Morgan fingerprint density at radius 2 is 1.55 bits per heavy atom. The molecule has 204 valence electrons. The first-order chi connectivity index (χ1) is 17.8. The van der Waals surface area contributed by atoms with Gasteiger partial charge in [0.2, 0.25) is 10.0 Å². The van der Waals surface area contributed by atoms with Crippen LogP contribution >= 0.6 is 0 Å². The number of hydrogen-bond donors (Lipinski definition) is 1. The zero-order valence-corrected chi connectivity index (χ0v) is 21.3. The van der Waals surface area contributed by atoms with E-state index in [0.29, 0.717) is 5.56 Å². The molecule has 1 amide bonds. The minimum absolute atomic E-state index is 0.104. The van der Waals surface area contributed by atoms with Crippen LogP contribution in [0.25, 0.3) is 11.1 Å². The second-order valence-electron chi connectivity index (χ2n) is 8.40. The molecule has 0 radical (unpaired) electrons. The highest BCUT2D eigenvalue weighted by molar-refractivity contribution is 7.89. The first-order valence-electron chi connectivity index (χ1n) is 11.1. The summed E-state index contributed by atoms with van der Waals surface area (Å²) in [6, 6.07) is 12.7. The van der Waals surface area contributed by atoms with Gasteiger partial charge in [0.1, 0.15) is 5.75 Å². The summed E-state index contributed by atoms with van der Waals surface area (Å²) in [6.07, 6.45) is -9.61. The number of aryl methyl sites for hydroxylation is 1. The number of halogens is 5. The Morgan fingerprint density at radius 3 is 2.11 bits per heavy atom. The summed E-state index contributed by atoms with van der Waals surface area (Å²) >= 11 is 0. The van der Waals surface area contributed by atoms with Crippen molar-refractivity contribution in [3.63, 3.8) is 0 Å². The van der Waals surface area contributed by atoms with E-state index in [4.69, 9.17) is 4.74 Å². The lowest BCUT2D eigenvalue weighted by atomic mass is 9.95. The third kappa shape index (κ3) is 6.87. The van der Waals surface area contributed by atoms with Gasteiger partial charge in [-0.2, -0.15) is 13.2 Å². The summed E-state index contributed by atoms with van der Waals surface area (Å²) < 4.78 is 103. The lowest BCUT2D eigenvalue weighted by Crippen LogP contribution is -2.32. The van der Waals surface area contributed by atoms with E-state index in [9.17, 15) is 35.2 Å². The van der Waals surface area contributed by atoms with Crippen LogP contribution in [0, 0.1) is 6.92 Å². The molecule has 0 saturated heterocycles. The number of alkyl halides is 5. The van der Waals surface area contributed by atoms with E-state index in [2.05, 4.69) is 4.74 Å². The van der Waals surface area contributed by atoms with Crippen molar-refractivity contribution in [2.24, 2.45) is 0 Å². The number of carbonyl (C=O) groups is 1. The Labute approximate surface area is 216 Å². The maximum atomic E-state index is 13.4. The number of sulfonamides is 1. The fraction of sp³-hybridized carbons (Fsp3) is 0.269. The fourth-order valence-electron chi connectivity index (χ4n) is 3.85. The lowest BCUT2D eigenvalue weighted by Gasteiger charge is -2.19. The van der Waals surface area contributed by atoms with Crippen LogP contribution in [0.5, 0.6) is 5.75 Å². The van der Waals surface area contributed by atoms with Gasteiger partial charge in [-0.15, -0.1) is 0 Å². The van der Waals surface area contributed by atoms with Gasteiger partial charge in [0, 0.05) is 23.8 Å². The molecule has 0 spiro atoms. The van der Waals surface area contributed by atoms with Crippen LogP contribution in [0.3, 0.4) is 0 Å². The summed E-state index contributed by atoms with van der Waals surface area (Å²) in [5.41, 5.74) is 0.523. The van der Waals surface area contributed by atoms with Crippen LogP contribution in [0.15, 0.2) is 60.7 Å². The normalized spacial score (nSPS) is 12.9. The van der Waals surface area contributed by atoms with Gasteiger partial charge in [0.25, 0.3) is 12.3 Å². The summed E-state index contributed by atoms with van der Waals surface area (Å²) in [5.74, 6) is -1.52. The summed E-state index contributed by atoms with van der Waals surface area (Å²) in [4.78, 5) is 13.0. The average molecular weight is 558 g/mol. The molecule has 0 fully saturated rings. The van der Waals surface area contributed by atoms with E-state index in [1.165, 1.54) is 43.5 Å². The molecule has 0 aliphatic carbocycles. The van der Waals surface area contributed by atoms with Crippen LogP contribution in [0.2, 0.25) is 0 Å². The lowest BCUT2D eigenvalue weighted by molar-refractivity contribution is -0.215. The van der Waals surface area contributed by atoms with Crippen molar-refractivity contribution in [2.75, 3.05) is 14.2 Å². The van der Waals surface area contributed by atoms with Gasteiger partial charge in [-0.3, -0.25) is 4.79 Å². The summed E-state index contributed by atoms with van der Waals surface area (Å²) in [7, 11) is -2.06. The molecule has 0 bridgehead atoms. The quantitative estimate of drug-likeness (QED) is 0.321. The Balaban J connectivity index is 1.89. The van der Waals surface area contributed by atoms with Gasteiger partial charge in [-0.25, -0.2) is 21.9 Å². The fourth-order valence-corrected chi connectivity index (χ4v) is 4.95. The van der Waals surface area contributed by atoms with Crippen LogP contribution < -0.4 is 9.46 Å². The molecule has 3 rings (SSSR count). The number of ether oxygens (including phenoxy) is 2. The van der Waals surface area contributed by atoms with Crippen LogP contribution in [0.1, 0.15) is 45.1 Å². The number of benzene rings is 3. The zero-order valence-electron chi connectivity index (χ0n) is 20.5. The van der Waals surface area contributed by atoms with Gasteiger partial charge < -0.3 is 9.47 Å². The largest absolute Gasteiger partial charge is 0.496 e. The minimum Gasteiger partial charge on any atom is -0.496 e. The number of amides is 1. The summed E-state index contributed by atoms with van der Waals surface area (Å²) in [5, 5.41) is 0. The Hall–Kier alpha value is -3.51. The predicted octanol–water partition coefficient (Wildman–Crippen LogP) is 6.12. The zero-order chi connectivity index (χ0) is 28.3. The smallest absolute Gasteiger partial charge is 0.418 e. The Kier molecular flexibility index (Phi) is 8.78. The molecule has 0 heterocycles. The van der Waals surface area contributed by atoms with E-state index in [-0.39, 0.29) is 39.1 Å². The van der Waals surface area contributed by atoms with Gasteiger partial charge >= 0.3 is 6.18 Å². The molecular formula is C26H24F5NO5S. The number of methoxy groups -OCH3 is 2. The standard InChI is InChI=1S/C26H24F5NO5S/c1-15-4-10-19(20(12-15)21-13-18(24(27)28)9-11-22(21)36-2)25(33)32-38(34,35)14-16-5-7-17(8-6-16)23(37-3)26(29,30)31/h4-13,23-24H,14H2,1-3H3,(H,32,33). The topological polar surface area (TPSA) is 81.7 Å². The summed E-state index contributed by atoms with van der Waals surface area (Å²) in [6.45, 7) is 1.71. The molecule has 12 heteroatoms. The highest BCUT2D eigenvalue weighted by atomic mass is 32.2. The van der Waals surface area contributed by atoms with Crippen molar-refractivity contribution in [1.29, 1.82) is 0 Å². The van der Waals surface area contributed by atoms with Crippen LogP contribution in [0.4, 0.5) is 22.0 Å². The van der Waals surface area contributed by atoms with Crippen molar-refractivity contribution >= 4 is 15.9 Å². The molecular weight excluding hydrogens is 533 g/mol. The Morgan fingerprint density at radius 1 is 0.921 bits per heavy atom. The van der Waals surface area contributed by atoms with Gasteiger partial charge in [-0.1, -0.05) is 42.0 Å². The SMILES string of the molecule is COc1ccc(C(F)F)cc1-c1cc(C)ccc1C(=O)NS(=O)(=O)Cc1ccc(C(OC)C(F)(F)F)cc1. The molecule has 38 heavy (non-hydrogen) atoms. The van der Waals surface area contributed by atoms with Gasteiger partial charge in [-0.05, 0) is 47.9 Å². The molecule has 1 N–H and O–H groups in total. The Bertz CT molecular complexity index is 1410. The molecule has 0 saturated carbocycles. The maximum absolute atomic E-state index is 13.4. The van der Waals surface area contributed by atoms with Gasteiger partial charge in [0.05, 0.1) is 12.9 Å². The van der Waals surface area contributed by atoms with E-state index in [1.807, 2.05) is 4.72 Å². The monoisotopic (exact) mass is 557 g/mol. The van der Waals surface area contributed by atoms with E-state index in [0.717, 1.165) is 19.2 Å². The van der Waals surface area contributed by atoms with Crippen LogP contribution in [-0.2, 0) is 20.5 Å². The number of rotatable bonds is 9. The van der Waals surface area contributed by atoms with Crippen molar-refractivity contribution in [3.8, 4) is 16.9 Å². The maximum Gasteiger partial charge on any atom is 0.418 e. The third-order valence-electron chi connectivity index (χ3n) is 5.61. The molecule has 0 aromatic heterocycles. The molecule has 3 aromatic carbocycles. The van der Waals surface area contributed by atoms with Crippen molar-refractivity contribution in [2.45, 2.75) is 31.4 Å². The van der Waals surface area contributed by atoms with Crippen molar-refractivity contribution in [3.05, 3.63) is 88.5 Å². The van der Waals surface area contributed by atoms with Crippen molar-refractivity contribution in [1.82, 2.24) is 4.72 Å². The molecule has 0 aliphatic rings. The number of hydrogen-bond acceptors (Lipinski definition) is 5. The molecule has 0 aliphatic heterocycles. The average Bonchev–Trinajstić information content (AvgIpc) is 2.83. The van der Waals surface area contributed by atoms with Crippen LogP contribution in [-0.4, -0.2) is 34.7 Å². The molecule has 1 atom stereocenters. The number of carbonyl (C=O) groups excluding carboxylic acids is 1. The van der Waals surface area contributed by atoms with E-state index >= 15 is 0 Å². The minimum atomic E-state index is -4.65. The highest BCUT2D eigenvalue weighted by Gasteiger charge is 2.41. The second-order valence-corrected chi connectivity index (χ2v) is 10.1. The third-order valence-corrected chi connectivity index (χ3v) is 6.82. The molecule has 3 aromatic rings. The van der Waals surface area contributed by atoms with Crippen molar-refractivity contribution < 1.29 is 44.6 Å². The van der Waals surface area contributed by atoms with Gasteiger partial charge in [0.15, 0.2) is 6.10 Å². The highest BCUT2D eigenvalue weighted by Crippen LogP contribution is 2.37. The van der Waals surface area contributed by atoms with E-state index in [1.54, 1.807) is 19.1 Å². The number of nitrogens with one attached hydrogen (secondary N) is 1. The first-order valence-corrected chi connectivity index (χ1v) is 12.7. The first kappa shape index (κ1) is 29.1. The second kappa shape index (κ2) is 11.5. The molecule has 6 nitrogen and oxygen atoms in total. The molecule has 1 unspecified atom stereocenters. The predicted molar refractivity (Wildman–Crippen MR) is 130 cm³/mol. The van der Waals surface area contributed by atoms with E-state index < -0.39 is 40.4 Å².